The van der Waals surface area contributed by atoms with Crippen molar-refractivity contribution in [1.29, 1.82) is 5.26 Å². The number of benzene rings is 2. The molecule has 0 aliphatic carbocycles. The molecule has 23 heavy (non-hydrogen) atoms. The van der Waals surface area contributed by atoms with E-state index in [9.17, 15) is 14.4 Å². The molecule has 2 aromatic rings. The van der Waals surface area contributed by atoms with Gasteiger partial charge in [-0.3, -0.25) is 4.79 Å². The maximum Gasteiger partial charge on any atom is 0.254 e. The summed E-state index contributed by atoms with van der Waals surface area (Å²) in [6.45, 7) is 1.53. The van der Waals surface area contributed by atoms with Gasteiger partial charge in [-0.25, -0.2) is 4.39 Å². The standard InChI is InChI=1S/C17H14ClFN2O2/c1-10-7-12(13(18)8-14(10)19)17(22)21-15(9-20)11-5-3-4-6-16(11)23-2/h3-8,15H,1-2H3,(H,21,22)/t15-/m1/s1. The zero-order chi connectivity index (χ0) is 17.0. The quantitative estimate of drug-likeness (QED) is 0.926. The van der Waals surface area contributed by atoms with Gasteiger partial charge in [-0.2, -0.15) is 5.26 Å². The van der Waals surface area contributed by atoms with E-state index in [4.69, 9.17) is 16.3 Å². The first-order chi connectivity index (χ1) is 11.0. The summed E-state index contributed by atoms with van der Waals surface area (Å²) in [6, 6.07) is 10.4. The molecule has 1 amide bonds. The fraction of sp³-hybridized carbons (Fsp3) is 0.176. The van der Waals surface area contributed by atoms with Crippen molar-refractivity contribution in [3.8, 4) is 11.8 Å². The van der Waals surface area contributed by atoms with Crippen LogP contribution in [0, 0.1) is 24.1 Å². The average molecular weight is 333 g/mol. The molecule has 0 bridgehead atoms. The van der Waals surface area contributed by atoms with Crippen LogP contribution in [0.5, 0.6) is 5.75 Å². The molecule has 6 heteroatoms. The Hall–Kier alpha value is -2.58. The predicted molar refractivity (Wildman–Crippen MR) is 85.0 cm³/mol. The number of hydrogen-bond donors (Lipinski definition) is 1. The molecule has 0 aromatic heterocycles. The summed E-state index contributed by atoms with van der Waals surface area (Å²) in [5, 5.41) is 11.9. The van der Waals surface area contributed by atoms with Crippen LogP contribution in [0.25, 0.3) is 0 Å². The summed E-state index contributed by atoms with van der Waals surface area (Å²) < 4.78 is 18.6. The van der Waals surface area contributed by atoms with E-state index >= 15 is 0 Å². The van der Waals surface area contributed by atoms with Gasteiger partial charge >= 0.3 is 0 Å². The zero-order valence-corrected chi connectivity index (χ0v) is 13.3. The molecule has 0 heterocycles. The Morgan fingerprint density at radius 3 is 2.74 bits per heavy atom. The van der Waals surface area contributed by atoms with Gasteiger partial charge in [0.15, 0.2) is 0 Å². The van der Waals surface area contributed by atoms with Crippen molar-refractivity contribution >= 4 is 17.5 Å². The average Bonchev–Trinajstić information content (AvgIpc) is 2.55. The SMILES string of the molecule is COc1ccccc1[C@@H](C#N)NC(=O)c1cc(C)c(F)cc1Cl. The van der Waals surface area contributed by atoms with Crippen LogP contribution in [0.4, 0.5) is 4.39 Å². The Morgan fingerprint density at radius 1 is 1.39 bits per heavy atom. The van der Waals surface area contributed by atoms with Gasteiger partial charge in [0.25, 0.3) is 5.91 Å². The summed E-state index contributed by atoms with van der Waals surface area (Å²) in [5.41, 5.74) is 0.937. The minimum absolute atomic E-state index is 0.0117. The number of methoxy groups -OCH3 is 1. The summed E-state index contributed by atoms with van der Waals surface area (Å²) in [4.78, 5) is 12.4. The lowest BCUT2D eigenvalue weighted by Gasteiger charge is -2.16. The lowest BCUT2D eigenvalue weighted by molar-refractivity contribution is 0.0945. The molecule has 0 fully saturated rings. The summed E-state index contributed by atoms with van der Waals surface area (Å²) in [6.07, 6.45) is 0. The summed E-state index contributed by atoms with van der Waals surface area (Å²) >= 11 is 5.92. The number of halogens is 2. The molecule has 2 aromatic carbocycles. The number of carbonyl (C=O) groups is 1. The number of nitrogens with one attached hydrogen (secondary N) is 1. The van der Waals surface area contributed by atoms with E-state index in [0.717, 1.165) is 6.07 Å². The van der Waals surface area contributed by atoms with E-state index in [1.165, 1.54) is 20.1 Å². The van der Waals surface area contributed by atoms with Gasteiger partial charge < -0.3 is 10.1 Å². The van der Waals surface area contributed by atoms with Gasteiger partial charge in [0.05, 0.1) is 23.8 Å². The minimum Gasteiger partial charge on any atom is -0.496 e. The first-order valence-electron chi connectivity index (χ1n) is 6.77. The van der Waals surface area contributed by atoms with Crippen molar-refractivity contribution in [1.82, 2.24) is 5.32 Å². The first kappa shape index (κ1) is 16.8. The molecule has 1 N–H and O–H groups in total. The number of hydrogen-bond acceptors (Lipinski definition) is 3. The number of ether oxygens (including phenoxy) is 1. The van der Waals surface area contributed by atoms with E-state index < -0.39 is 17.8 Å². The number of aryl methyl sites for hydroxylation is 1. The number of rotatable bonds is 4. The maximum atomic E-state index is 13.4. The highest BCUT2D eigenvalue weighted by Crippen LogP contribution is 2.26. The summed E-state index contributed by atoms with van der Waals surface area (Å²) in [5.74, 6) is -0.565. The molecule has 0 aliphatic heterocycles. The van der Waals surface area contributed by atoms with Crippen LogP contribution in [0.1, 0.15) is 27.5 Å². The lowest BCUT2D eigenvalue weighted by Crippen LogP contribution is -2.28. The van der Waals surface area contributed by atoms with Gasteiger partial charge in [0.1, 0.15) is 17.6 Å². The molecule has 1 atom stereocenters. The first-order valence-corrected chi connectivity index (χ1v) is 7.14. The van der Waals surface area contributed by atoms with Gasteiger partial charge in [0, 0.05) is 5.56 Å². The molecule has 0 spiro atoms. The molecule has 0 saturated heterocycles. The molecular weight excluding hydrogens is 319 g/mol. The third-order valence-electron chi connectivity index (χ3n) is 3.35. The van der Waals surface area contributed by atoms with Gasteiger partial charge in [0.2, 0.25) is 0 Å². The second kappa shape index (κ2) is 7.12. The summed E-state index contributed by atoms with van der Waals surface area (Å²) in [7, 11) is 1.48. The fourth-order valence-electron chi connectivity index (χ4n) is 2.12. The monoisotopic (exact) mass is 332 g/mol. The molecule has 0 saturated carbocycles. The van der Waals surface area contributed by atoms with Gasteiger partial charge in [-0.05, 0) is 30.7 Å². The third-order valence-corrected chi connectivity index (χ3v) is 3.66. The normalized spacial score (nSPS) is 11.4. The molecule has 2 rings (SSSR count). The molecule has 118 valence electrons. The molecule has 4 nitrogen and oxygen atoms in total. The van der Waals surface area contributed by atoms with Crippen LogP contribution in [0.3, 0.4) is 0 Å². The second-order valence-corrected chi connectivity index (χ2v) is 5.27. The van der Waals surface area contributed by atoms with Crippen LogP contribution >= 0.6 is 11.6 Å². The highest BCUT2D eigenvalue weighted by molar-refractivity contribution is 6.33. The largest absolute Gasteiger partial charge is 0.496 e. The number of nitrogens with zero attached hydrogens (tertiary/aromatic N) is 1. The van der Waals surface area contributed by atoms with Crippen LogP contribution in [-0.4, -0.2) is 13.0 Å². The van der Waals surface area contributed by atoms with Crippen molar-refractivity contribution in [2.45, 2.75) is 13.0 Å². The number of carbonyl (C=O) groups excluding carboxylic acids is 1. The second-order valence-electron chi connectivity index (χ2n) is 4.86. The number of amides is 1. The zero-order valence-electron chi connectivity index (χ0n) is 12.6. The predicted octanol–water partition coefficient (Wildman–Crippen LogP) is 3.79. The van der Waals surface area contributed by atoms with E-state index in [0.29, 0.717) is 16.9 Å². The van der Waals surface area contributed by atoms with E-state index in [2.05, 4.69) is 5.32 Å². The minimum atomic E-state index is -0.917. The molecule has 0 aliphatic rings. The fourth-order valence-corrected chi connectivity index (χ4v) is 2.36. The van der Waals surface area contributed by atoms with E-state index in [-0.39, 0.29) is 10.6 Å². The lowest BCUT2D eigenvalue weighted by atomic mass is 10.1. The van der Waals surface area contributed by atoms with E-state index in [1.807, 2.05) is 6.07 Å². The highest BCUT2D eigenvalue weighted by Gasteiger charge is 2.20. The van der Waals surface area contributed by atoms with E-state index in [1.54, 1.807) is 24.3 Å². The van der Waals surface area contributed by atoms with Gasteiger partial charge in [-0.1, -0.05) is 29.8 Å². The molecule has 0 unspecified atom stereocenters. The van der Waals surface area contributed by atoms with Gasteiger partial charge in [-0.15, -0.1) is 0 Å². The van der Waals surface area contributed by atoms with Crippen molar-refractivity contribution in [2.24, 2.45) is 0 Å². The van der Waals surface area contributed by atoms with Crippen molar-refractivity contribution < 1.29 is 13.9 Å². The molecule has 0 radical (unpaired) electrons. The number of para-hydroxylation sites is 1. The Morgan fingerprint density at radius 2 is 2.09 bits per heavy atom. The smallest absolute Gasteiger partial charge is 0.254 e. The topological polar surface area (TPSA) is 62.1 Å². The maximum absolute atomic E-state index is 13.4. The van der Waals surface area contributed by atoms with Crippen LogP contribution < -0.4 is 10.1 Å². The third kappa shape index (κ3) is 3.61. The van der Waals surface area contributed by atoms with Crippen molar-refractivity contribution in [2.75, 3.05) is 7.11 Å². The Bertz CT molecular complexity index is 787. The highest BCUT2D eigenvalue weighted by atomic mass is 35.5. The van der Waals surface area contributed by atoms with Crippen LogP contribution in [0.15, 0.2) is 36.4 Å². The van der Waals surface area contributed by atoms with Crippen molar-refractivity contribution in [3.05, 3.63) is 63.9 Å². The number of nitriles is 1. The Labute approximate surface area is 138 Å². The Kier molecular flexibility index (Phi) is 5.20. The van der Waals surface area contributed by atoms with Crippen LogP contribution in [-0.2, 0) is 0 Å². The van der Waals surface area contributed by atoms with Crippen LogP contribution in [0.2, 0.25) is 5.02 Å². The molecular formula is C17H14ClFN2O2. The Balaban J connectivity index is 2.31. The van der Waals surface area contributed by atoms with Crippen molar-refractivity contribution in [3.63, 3.8) is 0 Å².